The van der Waals surface area contributed by atoms with Gasteiger partial charge in [-0.3, -0.25) is 0 Å². The van der Waals surface area contributed by atoms with Crippen LogP contribution in [0.25, 0.3) is 0 Å². The molecule has 18 heavy (non-hydrogen) atoms. The number of nitrogens with zero attached hydrogens (tertiary/aromatic N) is 1. The first kappa shape index (κ1) is 11.6. The van der Waals surface area contributed by atoms with Crippen LogP contribution in [0.2, 0.25) is 0 Å². The van der Waals surface area contributed by atoms with Crippen LogP contribution in [0.15, 0.2) is 41.3 Å². The summed E-state index contributed by atoms with van der Waals surface area (Å²) in [6.45, 7) is 0.918. The van der Waals surface area contributed by atoms with E-state index in [4.69, 9.17) is 5.11 Å². The van der Waals surface area contributed by atoms with Crippen molar-refractivity contribution in [2.75, 3.05) is 17.2 Å². The van der Waals surface area contributed by atoms with Gasteiger partial charge in [-0.25, -0.2) is 4.79 Å². The molecule has 1 aliphatic rings. The number of thioether (sulfide) groups is 1. The van der Waals surface area contributed by atoms with Crippen molar-refractivity contribution in [2.24, 2.45) is 0 Å². The Labute approximate surface area is 113 Å². The molecule has 0 unspecified atom stereocenters. The van der Waals surface area contributed by atoms with Crippen LogP contribution < -0.4 is 4.90 Å². The molecular formula is C13H11NO2S2. The zero-order valence-corrected chi connectivity index (χ0v) is 11.1. The summed E-state index contributed by atoms with van der Waals surface area (Å²) >= 11 is 3.18. The van der Waals surface area contributed by atoms with Crippen LogP contribution in [0.3, 0.4) is 0 Å². The number of aromatic carboxylic acids is 1. The number of carboxylic acids is 1. The smallest absolute Gasteiger partial charge is 0.345 e. The largest absolute Gasteiger partial charge is 0.477 e. The summed E-state index contributed by atoms with van der Waals surface area (Å²) in [5.74, 6) is 0.169. The molecule has 0 amide bonds. The van der Waals surface area contributed by atoms with Crippen molar-refractivity contribution < 1.29 is 9.90 Å². The summed E-state index contributed by atoms with van der Waals surface area (Å²) in [6.07, 6.45) is 0. The molecule has 0 bridgehead atoms. The SMILES string of the molecule is O=C(O)c1ccc(N2CCSc3ccccc32)s1. The number of thiophene rings is 1. The molecule has 0 fully saturated rings. The Balaban J connectivity index is 2.00. The summed E-state index contributed by atoms with van der Waals surface area (Å²) in [7, 11) is 0. The predicted molar refractivity (Wildman–Crippen MR) is 75.5 cm³/mol. The molecule has 1 aromatic heterocycles. The molecule has 0 atom stereocenters. The topological polar surface area (TPSA) is 40.5 Å². The van der Waals surface area contributed by atoms with Gasteiger partial charge in [-0.1, -0.05) is 12.1 Å². The monoisotopic (exact) mass is 277 g/mol. The minimum atomic E-state index is -0.856. The number of carboxylic acid groups (broad SMARTS) is 1. The van der Waals surface area contributed by atoms with Gasteiger partial charge in [-0.15, -0.1) is 23.1 Å². The van der Waals surface area contributed by atoms with E-state index in [1.807, 2.05) is 30.0 Å². The number of carbonyl (C=O) groups is 1. The fourth-order valence-corrected chi connectivity index (χ4v) is 3.87. The maximum atomic E-state index is 10.9. The summed E-state index contributed by atoms with van der Waals surface area (Å²) in [5.41, 5.74) is 1.17. The molecule has 0 radical (unpaired) electrons. The van der Waals surface area contributed by atoms with Gasteiger partial charge in [-0.2, -0.15) is 0 Å². The zero-order valence-electron chi connectivity index (χ0n) is 9.50. The Morgan fingerprint density at radius 2 is 2.06 bits per heavy atom. The Kier molecular flexibility index (Phi) is 3.01. The number of fused-ring (bicyclic) bond motifs is 1. The second-order valence-corrected chi connectivity index (χ2v) is 6.11. The lowest BCUT2D eigenvalue weighted by molar-refractivity contribution is 0.0702. The second kappa shape index (κ2) is 4.66. The number of para-hydroxylation sites is 1. The van der Waals surface area contributed by atoms with Gasteiger partial charge in [-0.05, 0) is 24.3 Å². The highest BCUT2D eigenvalue weighted by atomic mass is 32.2. The molecule has 0 saturated heterocycles. The van der Waals surface area contributed by atoms with E-state index in [9.17, 15) is 4.79 Å². The van der Waals surface area contributed by atoms with Crippen molar-refractivity contribution in [2.45, 2.75) is 4.90 Å². The lowest BCUT2D eigenvalue weighted by Gasteiger charge is -2.29. The lowest BCUT2D eigenvalue weighted by atomic mass is 10.3. The Bertz CT molecular complexity index is 594. The highest BCUT2D eigenvalue weighted by Crippen LogP contribution is 2.40. The van der Waals surface area contributed by atoms with E-state index in [-0.39, 0.29) is 0 Å². The number of hydrogen-bond donors (Lipinski definition) is 1. The Hall–Kier alpha value is -1.46. The van der Waals surface area contributed by atoms with Gasteiger partial charge in [0, 0.05) is 17.2 Å². The van der Waals surface area contributed by atoms with Crippen LogP contribution in [0.4, 0.5) is 10.7 Å². The molecule has 1 aromatic carbocycles. The predicted octanol–water partition coefficient (Wildman–Crippen LogP) is 3.69. The fourth-order valence-electron chi connectivity index (χ4n) is 1.99. The van der Waals surface area contributed by atoms with Crippen molar-refractivity contribution in [3.05, 3.63) is 41.3 Å². The number of rotatable bonds is 2. The van der Waals surface area contributed by atoms with Crippen LogP contribution in [-0.4, -0.2) is 23.4 Å². The molecule has 3 nitrogen and oxygen atoms in total. The highest BCUT2D eigenvalue weighted by molar-refractivity contribution is 7.99. The van der Waals surface area contributed by atoms with Crippen molar-refractivity contribution in [3.8, 4) is 0 Å². The van der Waals surface area contributed by atoms with E-state index in [0.29, 0.717) is 4.88 Å². The average Bonchev–Trinajstić information content (AvgIpc) is 2.87. The van der Waals surface area contributed by atoms with E-state index in [2.05, 4.69) is 17.0 Å². The summed E-state index contributed by atoms with van der Waals surface area (Å²) in [5, 5.41) is 9.98. The molecule has 1 aliphatic heterocycles. The van der Waals surface area contributed by atoms with Gasteiger partial charge in [0.2, 0.25) is 0 Å². The minimum absolute atomic E-state index is 0.390. The van der Waals surface area contributed by atoms with Gasteiger partial charge < -0.3 is 10.0 Å². The lowest BCUT2D eigenvalue weighted by Crippen LogP contribution is -2.22. The van der Waals surface area contributed by atoms with E-state index in [0.717, 1.165) is 17.3 Å². The maximum Gasteiger partial charge on any atom is 0.345 e. The molecule has 2 heterocycles. The molecule has 92 valence electrons. The van der Waals surface area contributed by atoms with Crippen molar-refractivity contribution in [1.29, 1.82) is 0 Å². The van der Waals surface area contributed by atoms with Gasteiger partial charge in [0.05, 0.1) is 10.7 Å². The fraction of sp³-hybridized carbons (Fsp3) is 0.154. The van der Waals surface area contributed by atoms with Crippen molar-refractivity contribution in [3.63, 3.8) is 0 Å². The van der Waals surface area contributed by atoms with Crippen LogP contribution in [0.5, 0.6) is 0 Å². The van der Waals surface area contributed by atoms with E-state index >= 15 is 0 Å². The van der Waals surface area contributed by atoms with Crippen molar-refractivity contribution >= 4 is 39.8 Å². The molecule has 0 saturated carbocycles. The molecule has 0 aliphatic carbocycles. The molecule has 2 aromatic rings. The Morgan fingerprint density at radius 3 is 2.83 bits per heavy atom. The normalized spacial score (nSPS) is 14.3. The number of benzene rings is 1. The van der Waals surface area contributed by atoms with Crippen LogP contribution in [0.1, 0.15) is 9.67 Å². The van der Waals surface area contributed by atoms with E-state index in [1.54, 1.807) is 6.07 Å². The zero-order chi connectivity index (χ0) is 12.5. The summed E-state index contributed by atoms with van der Waals surface area (Å²) in [6, 6.07) is 11.8. The van der Waals surface area contributed by atoms with Gasteiger partial charge >= 0.3 is 5.97 Å². The molecular weight excluding hydrogens is 266 g/mol. The molecule has 1 N–H and O–H groups in total. The van der Waals surface area contributed by atoms with Crippen LogP contribution >= 0.6 is 23.1 Å². The highest BCUT2D eigenvalue weighted by Gasteiger charge is 2.20. The van der Waals surface area contributed by atoms with E-state index in [1.165, 1.54) is 21.9 Å². The van der Waals surface area contributed by atoms with Crippen molar-refractivity contribution in [1.82, 2.24) is 0 Å². The third kappa shape index (κ3) is 2.00. The summed E-state index contributed by atoms with van der Waals surface area (Å²) < 4.78 is 0. The van der Waals surface area contributed by atoms with Gasteiger partial charge in [0.25, 0.3) is 0 Å². The Morgan fingerprint density at radius 1 is 1.22 bits per heavy atom. The maximum absolute atomic E-state index is 10.9. The van der Waals surface area contributed by atoms with Crippen LogP contribution in [0, 0.1) is 0 Å². The number of hydrogen-bond acceptors (Lipinski definition) is 4. The molecule has 0 spiro atoms. The van der Waals surface area contributed by atoms with Gasteiger partial charge in [0.1, 0.15) is 4.88 Å². The third-order valence-electron chi connectivity index (χ3n) is 2.80. The van der Waals surface area contributed by atoms with E-state index < -0.39 is 5.97 Å². The molecule has 5 heteroatoms. The first-order valence-corrected chi connectivity index (χ1v) is 7.38. The average molecular weight is 277 g/mol. The minimum Gasteiger partial charge on any atom is -0.477 e. The molecule has 3 rings (SSSR count). The quantitative estimate of drug-likeness (QED) is 0.909. The second-order valence-electron chi connectivity index (χ2n) is 3.91. The first-order chi connectivity index (χ1) is 8.75. The first-order valence-electron chi connectivity index (χ1n) is 5.58. The van der Waals surface area contributed by atoms with Gasteiger partial charge in [0.15, 0.2) is 0 Å². The standard InChI is InChI=1S/C13H11NO2S2/c15-13(16)11-5-6-12(18-11)14-7-8-17-10-4-2-1-3-9(10)14/h1-6H,7-8H2,(H,15,16). The number of anilines is 2. The summed E-state index contributed by atoms with van der Waals surface area (Å²) in [4.78, 5) is 14.8. The third-order valence-corrected chi connectivity index (χ3v) is 4.94. The van der Waals surface area contributed by atoms with Crippen LogP contribution in [-0.2, 0) is 0 Å².